The van der Waals surface area contributed by atoms with Gasteiger partial charge in [0.1, 0.15) is 11.5 Å². The normalized spacial score (nSPS) is 13.9. The van der Waals surface area contributed by atoms with Gasteiger partial charge in [-0.3, -0.25) is 4.79 Å². The van der Waals surface area contributed by atoms with E-state index >= 15 is 0 Å². The molecule has 0 radical (unpaired) electrons. The Hall–Kier alpha value is -1.51. The second kappa shape index (κ2) is 2.52. The Labute approximate surface area is 69.9 Å². The van der Waals surface area contributed by atoms with E-state index < -0.39 is 0 Å². The molecule has 62 valence electrons. The third-order valence-corrected chi connectivity index (χ3v) is 1.85. The van der Waals surface area contributed by atoms with E-state index in [2.05, 4.69) is 0 Å². The lowest BCUT2D eigenvalue weighted by atomic mass is 10.1. The molecule has 0 aliphatic carbocycles. The monoisotopic (exact) mass is 164 g/mol. The highest BCUT2D eigenvalue weighted by Gasteiger charge is 2.20. The molecule has 0 unspecified atom stereocenters. The van der Waals surface area contributed by atoms with E-state index in [1.807, 2.05) is 0 Å². The molecule has 1 aromatic rings. The molecular formula is C9H8O3. The average Bonchev–Trinajstić information content (AvgIpc) is 2.47. The quantitative estimate of drug-likeness (QED) is 0.627. The summed E-state index contributed by atoms with van der Waals surface area (Å²) in [6, 6.07) is 5.20. The fraction of sp³-hybridized carbons (Fsp3) is 0.222. The first-order chi connectivity index (χ1) is 5.81. The SMILES string of the molecule is COc1ccc2c(c1)OCC2=O. The van der Waals surface area contributed by atoms with Crippen LogP contribution in [0, 0.1) is 0 Å². The van der Waals surface area contributed by atoms with Crippen LogP contribution >= 0.6 is 0 Å². The Morgan fingerprint density at radius 2 is 2.33 bits per heavy atom. The van der Waals surface area contributed by atoms with Gasteiger partial charge >= 0.3 is 0 Å². The number of ether oxygens (including phenoxy) is 2. The number of Topliss-reactive ketones (excluding diaryl/α,β-unsaturated/α-hetero) is 1. The van der Waals surface area contributed by atoms with Gasteiger partial charge < -0.3 is 9.47 Å². The fourth-order valence-corrected chi connectivity index (χ4v) is 1.20. The predicted octanol–water partition coefficient (Wildman–Crippen LogP) is 1.27. The number of carbonyl (C=O) groups is 1. The Morgan fingerprint density at radius 3 is 3.08 bits per heavy atom. The highest BCUT2D eigenvalue weighted by atomic mass is 16.5. The van der Waals surface area contributed by atoms with Crippen molar-refractivity contribution in [1.82, 2.24) is 0 Å². The van der Waals surface area contributed by atoms with Gasteiger partial charge in [0.05, 0.1) is 12.7 Å². The summed E-state index contributed by atoms with van der Waals surface area (Å²) in [7, 11) is 1.58. The van der Waals surface area contributed by atoms with Crippen LogP contribution in [0.2, 0.25) is 0 Å². The molecule has 0 aromatic heterocycles. The number of fused-ring (bicyclic) bond motifs is 1. The molecule has 1 heterocycles. The Kier molecular flexibility index (Phi) is 1.50. The summed E-state index contributed by atoms with van der Waals surface area (Å²) in [6.07, 6.45) is 0. The van der Waals surface area contributed by atoms with Gasteiger partial charge in [0.15, 0.2) is 6.61 Å². The number of carbonyl (C=O) groups excluding carboxylic acids is 1. The van der Waals surface area contributed by atoms with Gasteiger partial charge in [-0.05, 0) is 12.1 Å². The van der Waals surface area contributed by atoms with Crippen molar-refractivity contribution in [3.8, 4) is 11.5 Å². The lowest BCUT2D eigenvalue weighted by molar-refractivity contribution is 0.0961. The van der Waals surface area contributed by atoms with E-state index in [1.54, 1.807) is 25.3 Å². The average molecular weight is 164 g/mol. The minimum absolute atomic E-state index is 0.0349. The predicted molar refractivity (Wildman–Crippen MR) is 42.8 cm³/mol. The van der Waals surface area contributed by atoms with Crippen molar-refractivity contribution in [3.63, 3.8) is 0 Å². The molecule has 0 N–H and O–H groups in total. The van der Waals surface area contributed by atoms with Crippen LogP contribution in [0.5, 0.6) is 11.5 Å². The number of hydrogen-bond donors (Lipinski definition) is 0. The summed E-state index contributed by atoms with van der Waals surface area (Å²) >= 11 is 0. The number of hydrogen-bond acceptors (Lipinski definition) is 3. The molecule has 0 fully saturated rings. The molecule has 2 rings (SSSR count). The smallest absolute Gasteiger partial charge is 0.203 e. The molecule has 1 aromatic carbocycles. The van der Waals surface area contributed by atoms with E-state index in [0.717, 1.165) is 0 Å². The lowest BCUT2D eigenvalue weighted by Crippen LogP contribution is -1.98. The van der Waals surface area contributed by atoms with E-state index in [1.165, 1.54) is 0 Å². The Morgan fingerprint density at radius 1 is 1.50 bits per heavy atom. The van der Waals surface area contributed by atoms with Crippen LogP contribution in [0.15, 0.2) is 18.2 Å². The fourth-order valence-electron chi connectivity index (χ4n) is 1.20. The van der Waals surface area contributed by atoms with Crippen molar-refractivity contribution < 1.29 is 14.3 Å². The first-order valence-electron chi connectivity index (χ1n) is 3.65. The minimum atomic E-state index is 0.0349. The zero-order valence-electron chi connectivity index (χ0n) is 6.66. The van der Waals surface area contributed by atoms with Gasteiger partial charge in [-0.15, -0.1) is 0 Å². The van der Waals surface area contributed by atoms with Gasteiger partial charge in [0.25, 0.3) is 0 Å². The molecule has 12 heavy (non-hydrogen) atoms. The van der Waals surface area contributed by atoms with Crippen LogP contribution in [0.1, 0.15) is 10.4 Å². The summed E-state index contributed by atoms with van der Waals surface area (Å²) in [6.45, 7) is 0.155. The van der Waals surface area contributed by atoms with Gasteiger partial charge in [-0.25, -0.2) is 0 Å². The molecule has 0 spiro atoms. The number of benzene rings is 1. The summed E-state index contributed by atoms with van der Waals surface area (Å²) in [5.41, 5.74) is 0.649. The Balaban J connectivity index is 2.48. The van der Waals surface area contributed by atoms with Gasteiger partial charge in [0, 0.05) is 6.07 Å². The standard InChI is InChI=1S/C9H8O3/c1-11-6-2-3-7-8(10)5-12-9(7)4-6/h2-4H,5H2,1H3. The first kappa shape index (κ1) is 7.16. The van der Waals surface area contributed by atoms with Crippen LogP contribution in [-0.2, 0) is 0 Å². The Bertz CT molecular complexity index is 331. The third kappa shape index (κ3) is 0.942. The second-order valence-electron chi connectivity index (χ2n) is 2.57. The molecule has 0 atom stereocenters. The summed E-state index contributed by atoms with van der Waals surface area (Å²) in [5, 5.41) is 0. The molecule has 0 bridgehead atoms. The lowest BCUT2D eigenvalue weighted by Gasteiger charge is -2.00. The maximum atomic E-state index is 11.1. The van der Waals surface area contributed by atoms with Crippen molar-refractivity contribution >= 4 is 5.78 Å². The maximum absolute atomic E-state index is 11.1. The van der Waals surface area contributed by atoms with Crippen LogP contribution < -0.4 is 9.47 Å². The molecule has 1 aliphatic rings. The molecule has 3 heteroatoms. The van der Waals surface area contributed by atoms with Crippen molar-refractivity contribution in [2.45, 2.75) is 0 Å². The minimum Gasteiger partial charge on any atom is -0.497 e. The van der Waals surface area contributed by atoms with Gasteiger partial charge in [-0.1, -0.05) is 0 Å². The highest BCUT2D eigenvalue weighted by molar-refractivity contribution is 6.02. The van der Waals surface area contributed by atoms with Crippen molar-refractivity contribution in [1.29, 1.82) is 0 Å². The highest BCUT2D eigenvalue weighted by Crippen LogP contribution is 2.28. The number of methoxy groups -OCH3 is 1. The second-order valence-corrected chi connectivity index (χ2v) is 2.57. The third-order valence-electron chi connectivity index (χ3n) is 1.85. The topological polar surface area (TPSA) is 35.5 Å². The number of ketones is 1. The molecule has 1 aliphatic heterocycles. The zero-order valence-corrected chi connectivity index (χ0v) is 6.66. The summed E-state index contributed by atoms with van der Waals surface area (Å²) in [5.74, 6) is 1.37. The first-order valence-corrected chi connectivity index (χ1v) is 3.65. The van der Waals surface area contributed by atoms with E-state index in [9.17, 15) is 4.79 Å². The zero-order chi connectivity index (χ0) is 8.55. The summed E-state index contributed by atoms with van der Waals surface area (Å²) < 4.78 is 10.1. The van der Waals surface area contributed by atoms with Crippen LogP contribution in [-0.4, -0.2) is 19.5 Å². The van der Waals surface area contributed by atoms with Crippen LogP contribution in [0.3, 0.4) is 0 Å². The number of rotatable bonds is 1. The molecule has 0 amide bonds. The largest absolute Gasteiger partial charge is 0.497 e. The van der Waals surface area contributed by atoms with Gasteiger partial charge in [-0.2, -0.15) is 0 Å². The van der Waals surface area contributed by atoms with Crippen LogP contribution in [0.4, 0.5) is 0 Å². The van der Waals surface area contributed by atoms with E-state index in [0.29, 0.717) is 17.1 Å². The van der Waals surface area contributed by atoms with Crippen molar-refractivity contribution in [2.24, 2.45) is 0 Å². The molecule has 0 saturated heterocycles. The molecule has 3 nitrogen and oxygen atoms in total. The maximum Gasteiger partial charge on any atom is 0.203 e. The van der Waals surface area contributed by atoms with E-state index in [-0.39, 0.29) is 12.4 Å². The van der Waals surface area contributed by atoms with Crippen molar-refractivity contribution in [3.05, 3.63) is 23.8 Å². The van der Waals surface area contributed by atoms with Gasteiger partial charge in [0.2, 0.25) is 5.78 Å². The summed E-state index contributed by atoms with van der Waals surface area (Å²) in [4.78, 5) is 11.1. The molecule has 0 saturated carbocycles. The molecular weight excluding hydrogens is 156 g/mol. The van der Waals surface area contributed by atoms with Crippen molar-refractivity contribution in [2.75, 3.05) is 13.7 Å². The van der Waals surface area contributed by atoms with Crippen LogP contribution in [0.25, 0.3) is 0 Å². The van der Waals surface area contributed by atoms with E-state index in [4.69, 9.17) is 9.47 Å².